The Labute approximate surface area is 150 Å². The van der Waals surface area contributed by atoms with Gasteiger partial charge in [0.2, 0.25) is 0 Å². The van der Waals surface area contributed by atoms with E-state index >= 15 is 0 Å². The van der Waals surface area contributed by atoms with Gasteiger partial charge in [-0.2, -0.15) is 0 Å². The Morgan fingerprint density at radius 2 is 1.84 bits per heavy atom. The lowest BCUT2D eigenvalue weighted by atomic mass is 10.0. The van der Waals surface area contributed by atoms with Crippen LogP contribution in [0.2, 0.25) is 0 Å². The first-order valence-corrected chi connectivity index (χ1v) is 8.80. The number of thioether (sulfide) groups is 1. The summed E-state index contributed by atoms with van der Waals surface area (Å²) in [7, 11) is 0. The summed E-state index contributed by atoms with van der Waals surface area (Å²) in [6, 6.07) is 9.05. The quantitative estimate of drug-likeness (QED) is 0.589. The van der Waals surface area contributed by atoms with Crippen LogP contribution in [0, 0.1) is 0 Å². The molecule has 1 saturated heterocycles. The highest BCUT2D eigenvalue weighted by molar-refractivity contribution is 8.17. The molecule has 1 aliphatic heterocycles. The highest BCUT2D eigenvalue weighted by atomic mass is 32.2. The van der Waals surface area contributed by atoms with Crippen LogP contribution in [0.25, 0.3) is 0 Å². The van der Waals surface area contributed by atoms with Crippen LogP contribution in [0.15, 0.2) is 35.3 Å². The normalized spacial score (nSPS) is 21.0. The predicted octanol–water partition coefficient (Wildman–Crippen LogP) is 2.18. The fraction of sp³-hybridized carbons (Fsp3) is 0.412. The Morgan fingerprint density at radius 1 is 1.16 bits per heavy atom. The molecule has 25 heavy (non-hydrogen) atoms. The van der Waals surface area contributed by atoms with Gasteiger partial charge in [-0.15, -0.1) is 0 Å². The molecule has 0 saturated carbocycles. The van der Waals surface area contributed by atoms with E-state index in [0.717, 1.165) is 11.8 Å². The van der Waals surface area contributed by atoms with Crippen molar-refractivity contribution in [2.45, 2.75) is 31.4 Å². The molecular weight excluding hydrogens is 344 g/mol. The summed E-state index contributed by atoms with van der Waals surface area (Å²) in [5, 5.41) is 2.91. The van der Waals surface area contributed by atoms with Crippen LogP contribution in [-0.2, 0) is 23.9 Å². The van der Waals surface area contributed by atoms with Crippen LogP contribution >= 0.6 is 11.8 Å². The zero-order valence-electron chi connectivity index (χ0n) is 14.1. The fourth-order valence-corrected chi connectivity index (χ4v) is 3.38. The standard InChI is InChI=1S/C17H20N2O5S/c1-3-23-13(20)10-11-17(15(22)24-4-2)14(21)19-16(25-17)18-12-8-6-5-7-9-12/h5-9H,3-4,10-11H2,1-2H3,(H,18,19,21). The number of amides is 1. The van der Waals surface area contributed by atoms with Gasteiger partial charge in [-0.1, -0.05) is 30.0 Å². The SMILES string of the molecule is CCOC(=O)CCC1(C(=O)OCC)SC(=Nc2ccccc2)NC1=O. The summed E-state index contributed by atoms with van der Waals surface area (Å²) in [5.74, 6) is -1.68. The Hall–Kier alpha value is -2.35. The number of amidine groups is 1. The number of rotatable bonds is 7. The Balaban J connectivity index is 2.23. The fourth-order valence-electron chi connectivity index (χ4n) is 2.27. The lowest BCUT2D eigenvalue weighted by molar-refractivity contribution is -0.150. The van der Waals surface area contributed by atoms with Gasteiger partial charge in [-0.05, 0) is 32.4 Å². The Bertz CT molecular complexity index is 677. The number of para-hydroxylation sites is 1. The summed E-state index contributed by atoms with van der Waals surface area (Å²) in [6.07, 6.45) is -0.0827. The van der Waals surface area contributed by atoms with Gasteiger partial charge in [0, 0.05) is 6.42 Å². The number of hydrogen-bond acceptors (Lipinski definition) is 7. The lowest BCUT2D eigenvalue weighted by Gasteiger charge is -2.21. The highest BCUT2D eigenvalue weighted by Gasteiger charge is 2.54. The van der Waals surface area contributed by atoms with Crippen molar-refractivity contribution in [1.29, 1.82) is 0 Å². The van der Waals surface area contributed by atoms with E-state index in [9.17, 15) is 14.4 Å². The summed E-state index contributed by atoms with van der Waals surface area (Å²) >= 11 is 0.976. The maximum Gasteiger partial charge on any atom is 0.332 e. The number of hydrogen-bond donors (Lipinski definition) is 1. The summed E-state index contributed by atoms with van der Waals surface area (Å²) < 4.78 is 8.41. The maximum absolute atomic E-state index is 12.5. The number of aliphatic imine (C=N–C) groups is 1. The molecule has 7 nitrogen and oxygen atoms in total. The first-order chi connectivity index (χ1) is 12.0. The number of ether oxygens (including phenoxy) is 2. The van der Waals surface area contributed by atoms with Crippen LogP contribution < -0.4 is 5.32 Å². The molecule has 1 unspecified atom stereocenters. The van der Waals surface area contributed by atoms with E-state index in [0.29, 0.717) is 10.9 Å². The second kappa shape index (κ2) is 8.66. The Kier molecular flexibility index (Phi) is 6.58. The topological polar surface area (TPSA) is 94.1 Å². The van der Waals surface area contributed by atoms with Crippen molar-refractivity contribution in [3.8, 4) is 0 Å². The van der Waals surface area contributed by atoms with Crippen molar-refractivity contribution in [3.63, 3.8) is 0 Å². The van der Waals surface area contributed by atoms with Crippen molar-refractivity contribution >= 4 is 40.5 Å². The van der Waals surface area contributed by atoms with Crippen molar-refractivity contribution in [2.75, 3.05) is 13.2 Å². The van der Waals surface area contributed by atoms with E-state index < -0.39 is 22.6 Å². The minimum atomic E-state index is -1.53. The molecule has 1 N–H and O–H groups in total. The molecule has 1 aromatic carbocycles. The number of esters is 2. The van der Waals surface area contributed by atoms with E-state index in [1.807, 2.05) is 18.2 Å². The molecule has 1 fully saturated rings. The second-order valence-electron chi connectivity index (χ2n) is 5.16. The van der Waals surface area contributed by atoms with E-state index in [-0.39, 0.29) is 26.1 Å². The summed E-state index contributed by atoms with van der Waals surface area (Å²) in [5.41, 5.74) is 0.648. The van der Waals surface area contributed by atoms with Gasteiger partial charge in [0.1, 0.15) is 0 Å². The van der Waals surface area contributed by atoms with Gasteiger partial charge in [0.25, 0.3) is 5.91 Å². The second-order valence-corrected chi connectivity index (χ2v) is 6.45. The van der Waals surface area contributed by atoms with Gasteiger partial charge in [0.05, 0.1) is 18.9 Å². The van der Waals surface area contributed by atoms with E-state index in [1.165, 1.54) is 0 Å². The van der Waals surface area contributed by atoms with Crippen LogP contribution in [0.1, 0.15) is 26.7 Å². The molecule has 134 valence electrons. The lowest BCUT2D eigenvalue weighted by Crippen LogP contribution is -2.45. The molecule has 1 aliphatic rings. The predicted molar refractivity (Wildman–Crippen MR) is 94.5 cm³/mol. The molecule has 1 aromatic rings. The van der Waals surface area contributed by atoms with Crippen LogP contribution in [0.4, 0.5) is 5.69 Å². The molecular formula is C17H20N2O5S. The molecule has 1 atom stereocenters. The van der Waals surface area contributed by atoms with Gasteiger partial charge < -0.3 is 14.8 Å². The highest BCUT2D eigenvalue weighted by Crippen LogP contribution is 2.38. The molecule has 2 rings (SSSR count). The van der Waals surface area contributed by atoms with E-state index in [1.54, 1.807) is 26.0 Å². The largest absolute Gasteiger partial charge is 0.466 e. The Morgan fingerprint density at radius 3 is 2.48 bits per heavy atom. The van der Waals surface area contributed by atoms with Crippen LogP contribution in [0.5, 0.6) is 0 Å². The minimum Gasteiger partial charge on any atom is -0.466 e. The first kappa shape index (κ1) is 19.0. The summed E-state index contributed by atoms with van der Waals surface area (Å²) in [6.45, 7) is 3.73. The number of benzene rings is 1. The molecule has 0 aromatic heterocycles. The van der Waals surface area contributed by atoms with Gasteiger partial charge in [-0.3, -0.25) is 9.59 Å². The first-order valence-electron chi connectivity index (χ1n) is 7.99. The monoisotopic (exact) mass is 364 g/mol. The number of carbonyl (C=O) groups excluding carboxylic acids is 3. The van der Waals surface area contributed by atoms with Crippen molar-refractivity contribution in [1.82, 2.24) is 5.32 Å². The smallest absolute Gasteiger partial charge is 0.332 e. The number of carbonyl (C=O) groups is 3. The summed E-state index contributed by atoms with van der Waals surface area (Å²) in [4.78, 5) is 40.9. The van der Waals surface area contributed by atoms with E-state index in [2.05, 4.69) is 10.3 Å². The van der Waals surface area contributed by atoms with Gasteiger partial charge in [0.15, 0.2) is 9.91 Å². The van der Waals surface area contributed by atoms with Crippen molar-refractivity contribution in [3.05, 3.63) is 30.3 Å². The molecule has 1 amide bonds. The molecule has 0 bridgehead atoms. The van der Waals surface area contributed by atoms with Crippen molar-refractivity contribution < 1.29 is 23.9 Å². The molecule has 0 spiro atoms. The third-order valence-corrected chi connectivity index (χ3v) is 4.73. The van der Waals surface area contributed by atoms with Gasteiger partial charge in [-0.25, -0.2) is 9.79 Å². The van der Waals surface area contributed by atoms with Crippen LogP contribution in [-0.4, -0.2) is 41.0 Å². The third-order valence-electron chi connectivity index (χ3n) is 3.44. The molecule has 8 heteroatoms. The number of nitrogens with zero attached hydrogens (tertiary/aromatic N) is 1. The molecule has 0 aliphatic carbocycles. The van der Waals surface area contributed by atoms with Gasteiger partial charge >= 0.3 is 11.9 Å². The van der Waals surface area contributed by atoms with E-state index in [4.69, 9.17) is 9.47 Å². The average Bonchev–Trinajstić information content (AvgIpc) is 2.91. The zero-order chi connectivity index (χ0) is 18.3. The zero-order valence-corrected chi connectivity index (χ0v) is 14.9. The average molecular weight is 364 g/mol. The van der Waals surface area contributed by atoms with Crippen LogP contribution in [0.3, 0.4) is 0 Å². The third kappa shape index (κ3) is 4.60. The maximum atomic E-state index is 12.5. The molecule has 1 heterocycles. The van der Waals surface area contributed by atoms with Crippen molar-refractivity contribution in [2.24, 2.45) is 4.99 Å². The molecule has 0 radical (unpaired) electrons. The number of nitrogens with one attached hydrogen (secondary N) is 1. The minimum absolute atomic E-state index is 0.0189.